The lowest BCUT2D eigenvalue weighted by molar-refractivity contribution is 0.513. The van der Waals surface area contributed by atoms with E-state index >= 15 is 0 Å². The second-order valence-electron chi connectivity index (χ2n) is 4.59. The van der Waals surface area contributed by atoms with E-state index in [-0.39, 0.29) is 5.41 Å². The predicted molar refractivity (Wildman–Crippen MR) is 63.4 cm³/mol. The number of hydrogen-bond acceptors (Lipinski definition) is 2. The van der Waals surface area contributed by atoms with E-state index in [9.17, 15) is 0 Å². The van der Waals surface area contributed by atoms with Gasteiger partial charge in [0.05, 0.1) is 0 Å². The van der Waals surface area contributed by atoms with E-state index in [4.69, 9.17) is 0 Å². The van der Waals surface area contributed by atoms with E-state index in [2.05, 4.69) is 47.9 Å². The minimum absolute atomic E-state index is 0.194. The minimum Gasteiger partial charge on any atom is -0.384 e. The van der Waals surface area contributed by atoms with Crippen LogP contribution in [0.1, 0.15) is 11.1 Å². The summed E-state index contributed by atoms with van der Waals surface area (Å²) in [6.45, 7) is 5.23. The third-order valence-electron chi connectivity index (χ3n) is 3.45. The first-order valence-electron chi connectivity index (χ1n) is 5.54. The highest BCUT2D eigenvalue weighted by atomic mass is 15.0. The van der Waals surface area contributed by atoms with Crippen molar-refractivity contribution in [1.82, 2.24) is 5.32 Å². The zero-order chi connectivity index (χ0) is 10.3. The van der Waals surface area contributed by atoms with Crippen LogP contribution in [0.3, 0.4) is 0 Å². The molecule has 0 saturated carbocycles. The van der Waals surface area contributed by atoms with Gasteiger partial charge in [0, 0.05) is 30.7 Å². The molecule has 0 bridgehead atoms. The molecule has 15 heavy (non-hydrogen) atoms. The third kappa shape index (κ3) is 1.29. The molecule has 1 atom stereocenters. The summed E-state index contributed by atoms with van der Waals surface area (Å²) in [6, 6.07) is 6.68. The number of rotatable bonds is 0. The molecule has 1 spiro atoms. The van der Waals surface area contributed by atoms with E-state index in [1.54, 1.807) is 0 Å². The van der Waals surface area contributed by atoms with Crippen LogP contribution in [-0.2, 0) is 5.41 Å². The van der Waals surface area contributed by atoms with Gasteiger partial charge in [0.1, 0.15) is 0 Å². The molecule has 2 nitrogen and oxygen atoms in total. The number of fused-ring (bicyclic) bond motifs is 2. The zero-order valence-electron chi connectivity index (χ0n) is 9.01. The van der Waals surface area contributed by atoms with Crippen molar-refractivity contribution in [2.75, 3.05) is 25.0 Å². The van der Waals surface area contributed by atoms with E-state index in [1.165, 1.54) is 16.8 Å². The molecular weight excluding hydrogens is 184 g/mol. The van der Waals surface area contributed by atoms with Crippen LogP contribution in [-0.4, -0.2) is 19.6 Å². The maximum Gasteiger partial charge on any atom is 0.0450 e. The molecule has 0 aliphatic carbocycles. The lowest BCUT2D eigenvalue weighted by atomic mass is 9.80. The molecule has 0 fully saturated rings. The Bertz CT molecular complexity index is 423. The summed E-state index contributed by atoms with van der Waals surface area (Å²) in [5, 5.41) is 6.95. The maximum atomic E-state index is 3.50. The number of hydrogen-bond donors (Lipinski definition) is 2. The summed E-state index contributed by atoms with van der Waals surface area (Å²) >= 11 is 0. The van der Waals surface area contributed by atoms with Crippen LogP contribution in [0.15, 0.2) is 30.4 Å². The molecular formula is C13H16N2. The van der Waals surface area contributed by atoms with E-state index in [1.807, 2.05) is 0 Å². The van der Waals surface area contributed by atoms with Gasteiger partial charge in [-0.25, -0.2) is 0 Å². The molecule has 78 valence electrons. The molecule has 0 saturated heterocycles. The molecule has 0 radical (unpaired) electrons. The van der Waals surface area contributed by atoms with Gasteiger partial charge in [-0.15, -0.1) is 0 Å². The molecule has 0 unspecified atom stereocenters. The monoisotopic (exact) mass is 200 g/mol. The van der Waals surface area contributed by atoms with Gasteiger partial charge in [0.15, 0.2) is 0 Å². The Morgan fingerprint density at radius 2 is 2.20 bits per heavy atom. The summed E-state index contributed by atoms with van der Waals surface area (Å²) in [6.07, 6.45) is 4.60. The second-order valence-corrected chi connectivity index (χ2v) is 4.59. The summed E-state index contributed by atoms with van der Waals surface area (Å²) in [7, 11) is 0. The van der Waals surface area contributed by atoms with Gasteiger partial charge in [-0.3, -0.25) is 0 Å². The van der Waals surface area contributed by atoms with E-state index in [0.717, 1.165) is 19.6 Å². The molecule has 2 heteroatoms. The molecule has 2 aliphatic rings. The van der Waals surface area contributed by atoms with E-state index in [0.29, 0.717) is 0 Å². The first-order valence-corrected chi connectivity index (χ1v) is 5.54. The largest absolute Gasteiger partial charge is 0.384 e. The smallest absolute Gasteiger partial charge is 0.0450 e. The quantitative estimate of drug-likeness (QED) is 0.624. The fourth-order valence-corrected chi connectivity index (χ4v) is 2.60. The van der Waals surface area contributed by atoms with Crippen LogP contribution in [0.2, 0.25) is 0 Å². The molecule has 1 aromatic rings. The predicted octanol–water partition coefficient (Wildman–Crippen LogP) is 1.82. The standard InChI is InChI=1S/C13H16N2/c1-10-3-4-12-11(7-10)13(9-15-12)5-2-6-14-8-13/h2-5,7,14-15H,6,8-9H2,1H3/t13-/m0/s1. The second kappa shape index (κ2) is 3.11. The number of anilines is 1. The van der Waals surface area contributed by atoms with Crippen molar-refractivity contribution in [1.29, 1.82) is 0 Å². The highest BCUT2D eigenvalue weighted by Crippen LogP contribution is 2.38. The maximum absolute atomic E-state index is 3.50. The molecule has 1 aromatic carbocycles. The molecule has 0 aromatic heterocycles. The zero-order valence-corrected chi connectivity index (χ0v) is 9.01. The van der Waals surface area contributed by atoms with Gasteiger partial charge < -0.3 is 10.6 Å². The summed E-state index contributed by atoms with van der Waals surface area (Å²) in [5.74, 6) is 0. The Balaban J connectivity index is 2.13. The van der Waals surface area contributed by atoms with Gasteiger partial charge in [-0.2, -0.15) is 0 Å². The third-order valence-corrected chi connectivity index (χ3v) is 3.45. The van der Waals surface area contributed by atoms with Crippen molar-refractivity contribution < 1.29 is 0 Å². The number of nitrogens with one attached hydrogen (secondary N) is 2. The van der Waals surface area contributed by atoms with Crippen molar-refractivity contribution in [3.8, 4) is 0 Å². The van der Waals surface area contributed by atoms with Crippen LogP contribution in [0, 0.1) is 6.92 Å². The van der Waals surface area contributed by atoms with Crippen LogP contribution in [0.4, 0.5) is 5.69 Å². The molecule has 0 amide bonds. The summed E-state index contributed by atoms with van der Waals surface area (Å²) < 4.78 is 0. The average Bonchev–Trinajstić information content (AvgIpc) is 2.59. The Labute approximate surface area is 90.4 Å². The Hall–Kier alpha value is -1.28. The Kier molecular flexibility index (Phi) is 1.86. The average molecular weight is 200 g/mol. The topological polar surface area (TPSA) is 24.1 Å². The van der Waals surface area contributed by atoms with E-state index < -0.39 is 0 Å². The number of aryl methyl sites for hydroxylation is 1. The molecule has 2 aliphatic heterocycles. The highest BCUT2D eigenvalue weighted by molar-refractivity contribution is 5.63. The van der Waals surface area contributed by atoms with Crippen LogP contribution >= 0.6 is 0 Å². The van der Waals surface area contributed by atoms with Gasteiger partial charge in [0.2, 0.25) is 0 Å². The highest BCUT2D eigenvalue weighted by Gasteiger charge is 2.37. The molecule has 2 N–H and O–H groups in total. The van der Waals surface area contributed by atoms with Crippen molar-refractivity contribution in [3.05, 3.63) is 41.5 Å². The first-order chi connectivity index (χ1) is 7.30. The SMILES string of the molecule is Cc1ccc2c(c1)[C@]1(C=CCNC1)CN2. The lowest BCUT2D eigenvalue weighted by Crippen LogP contribution is -2.41. The normalized spacial score (nSPS) is 27.8. The van der Waals surface area contributed by atoms with Crippen molar-refractivity contribution >= 4 is 5.69 Å². The molecule has 2 heterocycles. The van der Waals surface area contributed by atoms with Crippen molar-refractivity contribution in [2.24, 2.45) is 0 Å². The summed E-state index contributed by atoms with van der Waals surface area (Å²) in [4.78, 5) is 0. The first kappa shape index (κ1) is 8.98. The fourth-order valence-electron chi connectivity index (χ4n) is 2.60. The van der Waals surface area contributed by atoms with Gasteiger partial charge in [-0.05, 0) is 18.6 Å². The van der Waals surface area contributed by atoms with Gasteiger partial charge >= 0.3 is 0 Å². The van der Waals surface area contributed by atoms with Gasteiger partial charge in [0.25, 0.3) is 0 Å². The van der Waals surface area contributed by atoms with Gasteiger partial charge in [-0.1, -0.05) is 29.8 Å². The summed E-state index contributed by atoms with van der Waals surface area (Å²) in [5.41, 5.74) is 4.29. The van der Waals surface area contributed by atoms with Crippen molar-refractivity contribution in [2.45, 2.75) is 12.3 Å². The van der Waals surface area contributed by atoms with Crippen LogP contribution in [0.5, 0.6) is 0 Å². The number of benzene rings is 1. The van der Waals surface area contributed by atoms with Crippen LogP contribution < -0.4 is 10.6 Å². The lowest BCUT2D eigenvalue weighted by Gasteiger charge is -2.29. The fraction of sp³-hybridized carbons (Fsp3) is 0.385. The molecule has 3 rings (SSSR count). The van der Waals surface area contributed by atoms with Crippen LogP contribution in [0.25, 0.3) is 0 Å². The van der Waals surface area contributed by atoms with Crippen molar-refractivity contribution in [3.63, 3.8) is 0 Å². The Morgan fingerprint density at radius 1 is 1.27 bits per heavy atom. The minimum atomic E-state index is 0.194. The Morgan fingerprint density at radius 3 is 3.00 bits per heavy atom.